The molecule has 8 nitrogen and oxygen atoms in total. The van der Waals surface area contributed by atoms with Crippen molar-refractivity contribution in [2.24, 2.45) is 0 Å². The van der Waals surface area contributed by atoms with Gasteiger partial charge in [0, 0.05) is 0 Å². The molecule has 0 amide bonds. The quantitative estimate of drug-likeness (QED) is 0.490. The molecule has 0 bridgehead atoms. The van der Waals surface area contributed by atoms with Crippen LogP contribution in [-0.2, 0) is 14.6 Å². The molecule has 2 aromatic carbocycles. The summed E-state index contributed by atoms with van der Waals surface area (Å²) < 4.78 is 32.3. The molecule has 4 rings (SSSR count). The number of H-pyrrole nitrogens is 1. The Bertz CT molecular complexity index is 1440. The van der Waals surface area contributed by atoms with E-state index in [4.69, 9.17) is 16.3 Å². The molecule has 0 saturated heterocycles. The number of ether oxygens (including phenoxy) is 1. The van der Waals surface area contributed by atoms with Crippen LogP contribution in [0, 0.1) is 0 Å². The van der Waals surface area contributed by atoms with E-state index in [9.17, 15) is 13.2 Å². The van der Waals surface area contributed by atoms with Crippen LogP contribution in [0.15, 0.2) is 64.5 Å². The molecular formula is C21H19ClN4O4S. The zero-order valence-electron chi connectivity index (χ0n) is 17.0. The Morgan fingerprint density at radius 2 is 1.81 bits per heavy atom. The first-order chi connectivity index (χ1) is 14.7. The zero-order chi connectivity index (χ0) is 22.4. The van der Waals surface area contributed by atoms with Gasteiger partial charge in [-0.15, -0.1) is 0 Å². The number of nitrogens with one attached hydrogen (secondary N) is 1. The third kappa shape index (κ3) is 3.30. The normalized spacial score (nSPS) is 12.3. The van der Waals surface area contributed by atoms with Gasteiger partial charge in [0.2, 0.25) is 5.88 Å². The highest BCUT2D eigenvalue weighted by Crippen LogP contribution is 2.36. The number of imidazole rings is 1. The number of sulfone groups is 1. The molecule has 2 aromatic heterocycles. The summed E-state index contributed by atoms with van der Waals surface area (Å²) in [6.07, 6.45) is 1.25. The van der Waals surface area contributed by atoms with Gasteiger partial charge in [-0.25, -0.2) is 22.8 Å². The fraction of sp³-hybridized carbons (Fsp3) is 0.190. The smallest absolute Gasteiger partial charge is 0.332 e. The second kappa shape index (κ2) is 7.51. The van der Waals surface area contributed by atoms with Crippen LogP contribution in [0.1, 0.15) is 19.4 Å². The summed E-state index contributed by atoms with van der Waals surface area (Å²) >= 11 is 6.37. The lowest BCUT2D eigenvalue weighted by atomic mass is 10.0. The lowest BCUT2D eigenvalue weighted by molar-refractivity contribution is 0.401. The fourth-order valence-electron chi connectivity index (χ4n) is 3.40. The van der Waals surface area contributed by atoms with Gasteiger partial charge in [-0.2, -0.15) is 4.98 Å². The summed E-state index contributed by atoms with van der Waals surface area (Å²) in [5.74, 6) is 0.186. The lowest BCUT2D eigenvalue weighted by Crippen LogP contribution is -2.29. The van der Waals surface area contributed by atoms with Crippen molar-refractivity contribution in [2.75, 3.05) is 7.11 Å². The van der Waals surface area contributed by atoms with Gasteiger partial charge in [0.15, 0.2) is 15.5 Å². The molecule has 0 aliphatic rings. The number of benzene rings is 2. The SMILES string of the molecule is COc1ncnc2c1[nH]c(=O)n2-c1cc(S(=O)(=O)C(C)(C)c2ccccc2)ccc1Cl. The Balaban J connectivity index is 1.93. The minimum atomic E-state index is -3.84. The van der Waals surface area contributed by atoms with E-state index in [0.29, 0.717) is 5.56 Å². The van der Waals surface area contributed by atoms with Crippen molar-refractivity contribution in [1.82, 2.24) is 19.5 Å². The maximum absolute atomic E-state index is 13.6. The van der Waals surface area contributed by atoms with Crippen molar-refractivity contribution in [2.45, 2.75) is 23.5 Å². The van der Waals surface area contributed by atoms with Gasteiger partial charge in [0.05, 0.1) is 27.5 Å². The number of rotatable bonds is 5. The molecule has 0 atom stereocenters. The number of hydrogen-bond acceptors (Lipinski definition) is 6. The standard InChI is InChI=1S/C21H19ClN4O4S/c1-21(2,13-7-5-4-6-8-13)31(28,29)14-9-10-15(22)16(11-14)26-18-17(25-20(26)27)19(30-3)24-12-23-18/h4-12H,1-3H3,(H,25,27). The maximum Gasteiger partial charge on any atom is 0.332 e. The van der Waals surface area contributed by atoms with Crippen LogP contribution in [0.3, 0.4) is 0 Å². The highest BCUT2D eigenvalue weighted by atomic mass is 35.5. The first kappa shape index (κ1) is 21.1. The summed E-state index contributed by atoms with van der Waals surface area (Å²) in [5, 5.41) is 0.192. The summed E-state index contributed by atoms with van der Waals surface area (Å²) in [5.41, 5.74) is 0.781. The van der Waals surface area contributed by atoms with E-state index in [1.807, 2.05) is 6.07 Å². The van der Waals surface area contributed by atoms with Gasteiger partial charge in [0.25, 0.3) is 0 Å². The number of aromatic nitrogens is 4. The molecule has 31 heavy (non-hydrogen) atoms. The molecule has 2 heterocycles. The third-order valence-corrected chi connectivity index (χ3v) is 8.02. The molecule has 0 spiro atoms. The number of hydrogen-bond donors (Lipinski definition) is 1. The predicted octanol–water partition coefficient (Wildman–Crippen LogP) is 3.48. The molecule has 1 N–H and O–H groups in total. The Hall–Kier alpha value is -3.17. The van der Waals surface area contributed by atoms with Crippen LogP contribution in [0.25, 0.3) is 16.9 Å². The second-order valence-corrected chi connectivity index (χ2v) is 10.2. The Kier molecular flexibility index (Phi) is 5.10. The molecule has 0 saturated carbocycles. The first-order valence-electron chi connectivity index (χ1n) is 9.28. The Morgan fingerprint density at radius 3 is 2.48 bits per heavy atom. The number of nitrogens with zero attached hydrogens (tertiary/aromatic N) is 3. The van der Waals surface area contributed by atoms with Crippen molar-refractivity contribution < 1.29 is 13.2 Å². The molecule has 0 radical (unpaired) electrons. The molecule has 0 aliphatic carbocycles. The average molecular weight is 459 g/mol. The van der Waals surface area contributed by atoms with E-state index in [-0.39, 0.29) is 32.6 Å². The van der Waals surface area contributed by atoms with Crippen molar-refractivity contribution in [3.63, 3.8) is 0 Å². The Morgan fingerprint density at radius 1 is 1.10 bits per heavy atom. The van der Waals surface area contributed by atoms with Crippen LogP contribution < -0.4 is 10.4 Å². The fourth-order valence-corrected chi connectivity index (χ4v) is 5.15. The van der Waals surface area contributed by atoms with E-state index in [1.165, 1.54) is 36.2 Å². The molecule has 160 valence electrons. The van der Waals surface area contributed by atoms with Crippen molar-refractivity contribution >= 4 is 32.6 Å². The monoisotopic (exact) mass is 458 g/mol. The summed E-state index contributed by atoms with van der Waals surface area (Å²) in [6.45, 7) is 3.28. The molecule has 0 unspecified atom stereocenters. The average Bonchev–Trinajstić information content (AvgIpc) is 3.10. The van der Waals surface area contributed by atoms with Gasteiger partial charge in [-0.1, -0.05) is 41.9 Å². The van der Waals surface area contributed by atoms with E-state index in [0.717, 1.165) is 0 Å². The number of methoxy groups -OCH3 is 1. The highest BCUT2D eigenvalue weighted by Gasteiger charge is 2.37. The van der Waals surface area contributed by atoms with Crippen LogP contribution in [0.5, 0.6) is 5.88 Å². The van der Waals surface area contributed by atoms with Gasteiger partial charge in [0.1, 0.15) is 11.8 Å². The van der Waals surface area contributed by atoms with Gasteiger partial charge in [-0.05, 0) is 37.6 Å². The predicted molar refractivity (Wildman–Crippen MR) is 118 cm³/mol. The van der Waals surface area contributed by atoms with Crippen LogP contribution in [0.2, 0.25) is 5.02 Å². The first-order valence-corrected chi connectivity index (χ1v) is 11.1. The zero-order valence-corrected chi connectivity index (χ0v) is 18.5. The molecule has 0 fully saturated rings. The van der Waals surface area contributed by atoms with Gasteiger partial charge < -0.3 is 4.74 Å². The summed E-state index contributed by atoms with van der Waals surface area (Å²) in [4.78, 5) is 23.5. The number of aromatic amines is 1. The van der Waals surface area contributed by atoms with Crippen LogP contribution in [-0.4, -0.2) is 35.0 Å². The molecule has 10 heteroatoms. The lowest BCUT2D eigenvalue weighted by Gasteiger charge is -2.26. The van der Waals surface area contributed by atoms with Crippen molar-refractivity contribution in [3.8, 4) is 11.6 Å². The topological polar surface area (TPSA) is 107 Å². The number of fused-ring (bicyclic) bond motifs is 1. The summed E-state index contributed by atoms with van der Waals surface area (Å²) in [6, 6.07) is 13.2. The van der Waals surface area contributed by atoms with E-state index in [1.54, 1.807) is 38.1 Å². The van der Waals surface area contributed by atoms with Crippen molar-refractivity contribution in [1.29, 1.82) is 0 Å². The minimum absolute atomic E-state index is 0.0306. The summed E-state index contributed by atoms with van der Waals surface area (Å²) in [7, 11) is -2.42. The highest BCUT2D eigenvalue weighted by molar-refractivity contribution is 7.92. The van der Waals surface area contributed by atoms with E-state index >= 15 is 0 Å². The Labute approximate surface area is 183 Å². The third-order valence-electron chi connectivity index (χ3n) is 5.24. The number of halogens is 1. The van der Waals surface area contributed by atoms with Gasteiger partial charge >= 0.3 is 5.69 Å². The molecular weight excluding hydrogens is 440 g/mol. The van der Waals surface area contributed by atoms with E-state index in [2.05, 4.69) is 15.0 Å². The van der Waals surface area contributed by atoms with Crippen molar-refractivity contribution in [3.05, 3.63) is 75.9 Å². The van der Waals surface area contributed by atoms with E-state index < -0.39 is 20.3 Å². The largest absolute Gasteiger partial charge is 0.479 e. The molecule has 4 aromatic rings. The second-order valence-electron chi connectivity index (χ2n) is 7.34. The minimum Gasteiger partial charge on any atom is -0.479 e. The van der Waals surface area contributed by atoms with Crippen LogP contribution in [0.4, 0.5) is 0 Å². The molecule has 0 aliphatic heterocycles. The van der Waals surface area contributed by atoms with Crippen LogP contribution >= 0.6 is 11.6 Å². The van der Waals surface area contributed by atoms with Gasteiger partial charge in [-0.3, -0.25) is 4.98 Å². The maximum atomic E-state index is 13.6.